The highest BCUT2D eigenvalue weighted by Crippen LogP contribution is 2.39. The van der Waals surface area contributed by atoms with E-state index >= 15 is 0 Å². The van der Waals surface area contributed by atoms with Crippen LogP contribution in [0.25, 0.3) is 0 Å². The Bertz CT molecular complexity index is 1020. The first-order valence-corrected chi connectivity index (χ1v) is 11.5. The van der Waals surface area contributed by atoms with Crippen LogP contribution in [0.4, 0.5) is 5.82 Å². The molecule has 3 aliphatic heterocycles. The van der Waals surface area contributed by atoms with Crippen molar-refractivity contribution in [2.45, 2.75) is 64.1 Å². The van der Waals surface area contributed by atoms with Crippen molar-refractivity contribution in [3.8, 4) is 5.75 Å². The molecule has 0 aliphatic carbocycles. The molecule has 7 nitrogen and oxygen atoms in total. The highest BCUT2D eigenvalue weighted by molar-refractivity contribution is 5.96. The van der Waals surface area contributed by atoms with Crippen LogP contribution < -0.4 is 15.0 Å². The molecule has 2 saturated heterocycles. The van der Waals surface area contributed by atoms with Gasteiger partial charge in [-0.15, -0.1) is 0 Å². The Morgan fingerprint density at radius 2 is 1.97 bits per heavy atom. The van der Waals surface area contributed by atoms with Crippen LogP contribution in [-0.4, -0.2) is 48.2 Å². The molecule has 0 saturated carbocycles. The molecule has 2 bridgehead atoms. The quantitative estimate of drug-likeness (QED) is 0.725. The number of nitrogens with zero attached hydrogens (tertiary/aromatic N) is 2. The summed E-state index contributed by atoms with van der Waals surface area (Å²) in [6, 6.07) is 8.45. The molecule has 1 aromatic heterocycles. The van der Waals surface area contributed by atoms with Crippen molar-refractivity contribution in [2.24, 2.45) is 0 Å². The summed E-state index contributed by atoms with van der Waals surface area (Å²) < 4.78 is 10.8. The summed E-state index contributed by atoms with van der Waals surface area (Å²) >= 11 is 0. The number of nitrogens with one attached hydrogen (secondary N) is 1. The van der Waals surface area contributed by atoms with Crippen molar-refractivity contribution in [3.63, 3.8) is 0 Å². The van der Waals surface area contributed by atoms with Crippen molar-refractivity contribution in [1.82, 2.24) is 10.3 Å². The number of fused-ring (bicyclic) bond motifs is 3. The van der Waals surface area contributed by atoms with Crippen molar-refractivity contribution < 1.29 is 19.1 Å². The Labute approximate surface area is 188 Å². The minimum atomic E-state index is -0.344. The van der Waals surface area contributed by atoms with E-state index in [9.17, 15) is 9.59 Å². The summed E-state index contributed by atoms with van der Waals surface area (Å²) in [5, 5.41) is 3.28. The number of aromatic nitrogens is 1. The largest absolute Gasteiger partial charge is 0.493 e. The number of rotatable bonds is 5. The standard InChI is InChI=1S/C25H29N3O4/c1-3-31-25(30)17-5-9-22(26-14-17)28-19-6-7-20(28)13-18(12-19)27-24(29)21-8-4-16-10-11-32-23(16)15(21)2/h4-5,8-9,14,18-20H,3,6-7,10-13H2,1-2H3,(H,27,29)/t18?,19-,20+. The van der Waals surface area contributed by atoms with Gasteiger partial charge in [0, 0.05) is 41.9 Å². The van der Waals surface area contributed by atoms with Gasteiger partial charge in [-0.2, -0.15) is 0 Å². The Hall–Kier alpha value is -3.09. The molecule has 2 aromatic rings. The van der Waals surface area contributed by atoms with Crippen LogP contribution in [0, 0.1) is 6.92 Å². The third-order valence-corrected chi connectivity index (χ3v) is 6.94. The van der Waals surface area contributed by atoms with E-state index in [4.69, 9.17) is 9.47 Å². The van der Waals surface area contributed by atoms with Crippen LogP contribution in [0.5, 0.6) is 5.75 Å². The number of amides is 1. The molecular weight excluding hydrogens is 406 g/mol. The second-order valence-corrected chi connectivity index (χ2v) is 8.88. The molecule has 1 amide bonds. The number of carbonyl (C=O) groups excluding carboxylic acids is 2. The number of ether oxygens (including phenoxy) is 2. The maximum absolute atomic E-state index is 13.0. The van der Waals surface area contributed by atoms with Gasteiger partial charge in [-0.1, -0.05) is 6.07 Å². The Morgan fingerprint density at radius 1 is 1.19 bits per heavy atom. The normalized spacial score (nSPS) is 23.4. The molecule has 32 heavy (non-hydrogen) atoms. The molecule has 5 rings (SSSR count). The first-order valence-electron chi connectivity index (χ1n) is 11.5. The van der Waals surface area contributed by atoms with Gasteiger partial charge in [0.25, 0.3) is 5.91 Å². The van der Waals surface area contributed by atoms with Gasteiger partial charge in [0.15, 0.2) is 0 Å². The summed E-state index contributed by atoms with van der Waals surface area (Å²) in [5.74, 6) is 1.41. The Morgan fingerprint density at radius 3 is 2.66 bits per heavy atom. The van der Waals surface area contributed by atoms with Crippen LogP contribution in [0.15, 0.2) is 30.5 Å². The summed E-state index contributed by atoms with van der Waals surface area (Å²) in [6.07, 6.45) is 6.47. The number of benzene rings is 1. The maximum atomic E-state index is 13.0. The third-order valence-electron chi connectivity index (χ3n) is 6.94. The first-order chi connectivity index (χ1) is 15.5. The summed E-state index contributed by atoms with van der Waals surface area (Å²) in [4.78, 5) is 31.9. The fourth-order valence-corrected chi connectivity index (χ4v) is 5.46. The molecule has 3 aliphatic rings. The van der Waals surface area contributed by atoms with E-state index in [0.717, 1.165) is 49.2 Å². The van der Waals surface area contributed by atoms with Crippen molar-refractivity contribution in [2.75, 3.05) is 18.1 Å². The molecule has 0 radical (unpaired) electrons. The van der Waals surface area contributed by atoms with E-state index in [-0.39, 0.29) is 17.9 Å². The van der Waals surface area contributed by atoms with Crippen LogP contribution in [0.2, 0.25) is 0 Å². The van der Waals surface area contributed by atoms with Crippen molar-refractivity contribution in [3.05, 3.63) is 52.7 Å². The highest BCUT2D eigenvalue weighted by atomic mass is 16.5. The second kappa shape index (κ2) is 8.45. The van der Waals surface area contributed by atoms with Crippen LogP contribution >= 0.6 is 0 Å². The second-order valence-electron chi connectivity index (χ2n) is 8.88. The van der Waals surface area contributed by atoms with Gasteiger partial charge in [0.2, 0.25) is 0 Å². The fourth-order valence-electron chi connectivity index (χ4n) is 5.46. The van der Waals surface area contributed by atoms with Crippen LogP contribution in [0.1, 0.15) is 64.4 Å². The summed E-state index contributed by atoms with van der Waals surface area (Å²) in [7, 11) is 0. The molecule has 4 heterocycles. The van der Waals surface area contributed by atoms with Gasteiger partial charge in [0.1, 0.15) is 11.6 Å². The van der Waals surface area contributed by atoms with Crippen molar-refractivity contribution >= 4 is 17.7 Å². The molecule has 1 N–H and O–H groups in total. The van der Waals surface area contributed by atoms with Crippen LogP contribution in [0.3, 0.4) is 0 Å². The fraction of sp³-hybridized carbons (Fsp3) is 0.480. The topological polar surface area (TPSA) is 80.8 Å². The number of pyridine rings is 1. The number of hydrogen-bond donors (Lipinski definition) is 1. The molecule has 1 unspecified atom stereocenters. The predicted molar refractivity (Wildman–Crippen MR) is 120 cm³/mol. The number of carbonyl (C=O) groups is 2. The van der Waals surface area contributed by atoms with E-state index in [1.165, 1.54) is 5.56 Å². The zero-order chi connectivity index (χ0) is 22.2. The first kappa shape index (κ1) is 20.8. The molecule has 168 valence electrons. The number of anilines is 1. The number of hydrogen-bond acceptors (Lipinski definition) is 6. The van der Waals surface area contributed by atoms with Gasteiger partial charge in [-0.25, -0.2) is 9.78 Å². The summed E-state index contributed by atoms with van der Waals surface area (Å²) in [6.45, 7) is 4.80. The average Bonchev–Trinajstić information content (AvgIpc) is 3.37. The SMILES string of the molecule is CCOC(=O)c1ccc(N2[C@@H]3CC[C@H]2CC(NC(=O)c2ccc4c(c2C)OCC4)C3)nc1. The summed E-state index contributed by atoms with van der Waals surface area (Å²) in [5.41, 5.74) is 3.30. The highest BCUT2D eigenvalue weighted by Gasteiger charge is 2.42. The maximum Gasteiger partial charge on any atom is 0.339 e. The van der Waals surface area contributed by atoms with Gasteiger partial charge >= 0.3 is 5.97 Å². The van der Waals surface area contributed by atoms with Gasteiger partial charge in [-0.05, 0) is 63.3 Å². The Kier molecular flexibility index (Phi) is 5.49. The zero-order valence-corrected chi connectivity index (χ0v) is 18.6. The van der Waals surface area contributed by atoms with Crippen molar-refractivity contribution in [1.29, 1.82) is 0 Å². The van der Waals surface area contributed by atoms with Gasteiger partial charge in [0.05, 0.1) is 18.8 Å². The molecular formula is C25H29N3O4. The molecule has 1 aromatic carbocycles. The number of piperidine rings is 1. The predicted octanol–water partition coefficient (Wildman–Crippen LogP) is 3.43. The lowest BCUT2D eigenvalue weighted by Crippen LogP contribution is -2.50. The lowest BCUT2D eigenvalue weighted by Gasteiger charge is -2.40. The molecule has 7 heteroatoms. The van der Waals surface area contributed by atoms with E-state index in [1.54, 1.807) is 19.2 Å². The lowest BCUT2D eigenvalue weighted by atomic mass is 9.96. The average molecular weight is 436 g/mol. The molecule has 0 spiro atoms. The molecule has 3 atom stereocenters. The minimum Gasteiger partial charge on any atom is -0.493 e. The van der Waals surface area contributed by atoms with Gasteiger partial charge in [-0.3, -0.25) is 4.79 Å². The molecule has 2 fully saturated rings. The lowest BCUT2D eigenvalue weighted by molar-refractivity contribution is 0.0525. The van der Waals surface area contributed by atoms with E-state index in [0.29, 0.717) is 36.4 Å². The number of esters is 1. The smallest absolute Gasteiger partial charge is 0.339 e. The van der Waals surface area contributed by atoms with Crippen LogP contribution in [-0.2, 0) is 11.2 Å². The van der Waals surface area contributed by atoms with Gasteiger partial charge < -0.3 is 19.7 Å². The van der Waals surface area contributed by atoms with E-state index in [2.05, 4.69) is 15.2 Å². The third kappa shape index (κ3) is 3.70. The van der Waals surface area contributed by atoms with E-state index in [1.807, 2.05) is 25.1 Å². The monoisotopic (exact) mass is 435 g/mol. The minimum absolute atomic E-state index is 0.0180. The van der Waals surface area contributed by atoms with E-state index < -0.39 is 0 Å². The Balaban J connectivity index is 1.26. The zero-order valence-electron chi connectivity index (χ0n) is 18.6.